The maximum atomic E-state index is 11.9. The van der Waals surface area contributed by atoms with Crippen LogP contribution < -0.4 is 16.0 Å². The quantitative estimate of drug-likeness (QED) is 0.597. The lowest BCUT2D eigenvalue weighted by atomic mass is 10.2. The number of halogens is 1. The Hall–Kier alpha value is -2.42. The van der Waals surface area contributed by atoms with Gasteiger partial charge < -0.3 is 15.4 Å². The van der Waals surface area contributed by atoms with Crippen LogP contribution in [0.5, 0.6) is 0 Å². The van der Waals surface area contributed by atoms with Crippen LogP contribution in [0.1, 0.15) is 36.0 Å². The van der Waals surface area contributed by atoms with Crippen molar-refractivity contribution in [1.29, 1.82) is 0 Å². The van der Waals surface area contributed by atoms with Crippen LogP contribution in [-0.4, -0.2) is 43.0 Å². The molecule has 2 rings (SSSR count). The number of carbonyl (C=O) groups is 4. The first-order valence-electron chi connectivity index (χ1n) is 8.24. The van der Waals surface area contributed by atoms with Crippen molar-refractivity contribution in [2.24, 2.45) is 0 Å². The number of esters is 1. The number of ether oxygens (including phenoxy) is 1. The highest BCUT2D eigenvalue weighted by molar-refractivity contribution is 9.10. The number of urea groups is 1. The molecule has 4 amide bonds. The van der Waals surface area contributed by atoms with E-state index in [4.69, 9.17) is 4.74 Å². The molecule has 1 aromatic rings. The molecule has 3 N–H and O–H groups in total. The van der Waals surface area contributed by atoms with Crippen LogP contribution in [0, 0.1) is 0 Å². The smallest absolute Gasteiger partial charge is 0.325 e. The third-order valence-corrected chi connectivity index (χ3v) is 4.28. The van der Waals surface area contributed by atoms with E-state index in [1.165, 1.54) is 0 Å². The first-order chi connectivity index (χ1) is 12.4. The van der Waals surface area contributed by atoms with E-state index >= 15 is 0 Å². The molecule has 1 aromatic carbocycles. The van der Waals surface area contributed by atoms with Gasteiger partial charge in [-0.05, 0) is 31.0 Å². The normalized spacial score (nSPS) is 13.7. The number of hydrogen-bond donors (Lipinski definition) is 3. The van der Waals surface area contributed by atoms with Crippen LogP contribution in [0.15, 0.2) is 28.7 Å². The molecule has 0 radical (unpaired) electrons. The van der Waals surface area contributed by atoms with E-state index in [0.29, 0.717) is 5.56 Å². The highest BCUT2D eigenvalue weighted by Gasteiger charge is 2.18. The van der Waals surface area contributed by atoms with Crippen LogP contribution in [0.2, 0.25) is 0 Å². The Labute approximate surface area is 159 Å². The second-order valence-corrected chi connectivity index (χ2v) is 6.77. The molecule has 1 aliphatic rings. The van der Waals surface area contributed by atoms with Gasteiger partial charge in [-0.15, -0.1) is 0 Å². The predicted octanol–water partition coefficient (Wildman–Crippen LogP) is 1.49. The third kappa shape index (κ3) is 6.83. The fourth-order valence-electron chi connectivity index (χ4n) is 2.54. The zero-order valence-electron chi connectivity index (χ0n) is 14.0. The standard InChI is InChI=1S/C17H20BrN3O5/c18-12-5-3-4-11(8-12)16(24)19-9-15(23)26-10-14(22)21-17(25)20-13-6-1-2-7-13/h3-5,8,13H,1-2,6-7,9-10H2,(H,19,24)(H2,20,21,22,25). The summed E-state index contributed by atoms with van der Waals surface area (Å²) in [6.45, 7) is -0.976. The van der Waals surface area contributed by atoms with Crippen LogP contribution in [0.3, 0.4) is 0 Å². The van der Waals surface area contributed by atoms with Crippen LogP contribution in [-0.2, 0) is 14.3 Å². The number of rotatable bonds is 6. The van der Waals surface area contributed by atoms with E-state index < -0.39 is 30.4 Å². The summed E-state index contributed by atoms with van der Waals surface area (Å²) >= 11 is 3.25. The van der Waals surface area contributed by atoms with Crippen molar-refractivity contribution in [2.75, 3.05) is 13.2 Å². The summed E-state index contributed by atoms with van der Waals surface area (Å²) in [5, 5.41) is 7.18. The van der Waals surface area contributed by atoms with Crippen LogP contribution in [0.4, 0.5) is 4.79 Å². The summed E-state index contributed by atoms with van der Waals surface area (Å²) in [7, 11) is 0. The van der Waals surface area contributed by atoms with Gasteiger partial charge in [0.1, 0.15) is 6.54 Å². The maximum Gasteiger partial charge on any atom is 0.325 e. The Morgan fingerprint density at radius 2 is 1.88 bits per heavy atom. The lowest BCUT2D eigenvalue weighted by Gasteiger charge is -2.12. The second kappa shape index (κ2) is 9.91. The zero-order valence-corrected chi connectivity index (χ0v) is 15.6. The van der Waals surface area contributed by atoms with Crippen molar-refractivity contribution in [3.05, 3.63) is 34.3 Å². The second-order valence-electron chi connectivity index (χ2n) is 5.86. The van der Waals surface area contributed by atoms with E-state index in [9.17, 15) is 19.2 Å². The number of imide groups is 1. The summed E-state index contributed by atoms with van der Waals surface area (Å²) in [6, 6.07) is 6.16. The number of nitrogens with one attached hydrogen (secondary N) is 3. The minimum atomic E-state index is -0.778. The molecule has 1 saturated carbocycles. The average molecular weight is 426 g/mol. The molecule has 9 heteroatoms. The van der Waals surface area contributed by atoms with Gasteiger partial charge in [-0.25, -0.2) is 4.79 Å². The lowest BCUT2D eigenvalue weighted by molar-refractivity contribution is -0.147. The minimum absolute atomic E-state index is 0.0820. The summed E-state index contributed by atoms with van der Waals surface area (Å²) in [4.78, 5) is 46.7. The van der Waals surface area contributed by atoms with Gasteiger partial charge in [0.05, 0.1) is 0 Å². The summed E-state index contributed by atoms with van der Waals surface area (Å²) in [5.41, 5.74) is 0.383. The summed E-state index contributed by atoms with van der Waals surface area (Å²) < 4.78 is 5.47. The van der Waals surface area contributed by atoms with Crippen molar-refractivity contribution >= 4 is 39.7 Å². The van der Waals surface area contributed by atoms with E-state index in [2.05, 4.69) is 31.9 Å². The van der Waals surface area contributed by atoms with Gasteiger partial charge in [-0.1, -0.05) is 34.8 Å². The fourth-order valence-corrected chi connectivity index (χ4v) is 2.93. The van der Waals surface area contributed by atoms with E-state index in [1.807, 2.05) is 0 Å². The molecule has 0 spiro atoms. The molecule has 0 atom stereocenters. The predicted molar refractivity (Wildman–Crippen MR) is 96.4 cm³/mol. The van der Waals surface area contributed by atoms with Crippen molar-refractivity contribution < 1.29 is 23.9 Å². The van der Waals surface area contributed by atoms with E-state index in [1.54, 1.807) is 24.3 Å². The van der Waals surface area contributed by atoms with Gasteiger partial charge in [0, 0.05) is 16.1 Å². The first-order valence-corrected chi connectivity index (χ1v) is 9.03. The lowest BCUT2D eigenvalue weighted by Crippen LogP contribution is -2.45. The van der Waals surface area contributed by atoms with Crippen molar-refractivity contribution in [2.45, 2.75) is 31.7 Å². The minimum Gasteiger partial charge on any atom is -0.454 e. The molecule has 1 fully saturated rings. The Kier molecular flexibility index (Phi) is 7.58. The van der Waals surface area contributed by atoms with Crippen molar-refractivity contribution in [3.63, 3.8) is 0 Å². The highest BCUT2D eigenvalue weighted by Crippen LogP contribution is 2.17. The molecule has 0 bridgehead atoms. The van der Waals surface area contributed by atoms with E-state index in [-0.39, 0.29) is 12.6 Å². The first kappa shape index (κ1) is 19.9. The molecule has 0 unspecified atom stereocenters. The number of carbonyl (C=O) groups excluding carboxylic acids is 4. The van der Waals surface area contributed by atoms with Crippen molar-refractivity contribution in [3.8, 4) is 0 Å². The highest BCUT2D eigenvalue weighted by atomic mass is 79.9. The molecular formula is C17H20BrN3O5. The topological polar surface area (TPSA) is 114 Å². The summed E-state index contributed by atoms with van der Waals surface area (Å²) in [5.74, 6) is -1.95. The Balaban J connectivity index is 1.63. The van der Waals surface area contributed by atoms with Crippen LogP contribution in [0.25, 0.3) is 0 Å². The molecule has 26 heavy (non-hydrogen) atoms. The van der Waals surface area contributed by atoms with Crippen LogP contribution >= 0.6 is 15.9 Å². The number of amides is 4. The average Bonchev–Trinajstić information content (AvgIpc) is 3.10. The molecule has 0 saturated heterocycles. The molecule has 0 heterocycles. The third-order valence-electron chi connectivity index (χ3n) is 3.79. The molecule has 1 aliphatic carbocycles. The Bertz CT molecular complexity index is 689. The van der Waals surface area contributed by atoms with Gasteiger partial charge in [0.25, 0.3) is 11.8 Å². The SMILES string of the molecule is O=C(COC(=O)CNC(=O)c1cccc(Br)c1)NC(=O)NC1CCCC1. The van der Waals surface area contributed by atoms with Crippen molar-refractivity contribution in [1.82, 2.24) is 16.0 Å². The Morgan fingerprint density at radius 3 is 2.58 bits per heavy atom. The number of benzene rings is 1. The van der Waals surface area contributed by atoms with E-state index in [0.717, 1.165) is 30.2 Å². The Morgan fingerprint density at radius 1 is 1.15 bits per heavy atom. The molecular weight excluding hydrogens is 406 g/mol. The fraction of sp³-hybridized carbons (Fsp3) is 0.412. The monoisotopic (exact) mass is 425 g/mol. The van der Waals surface area contributed by atoms with Gasteiger partial charge in [-0.3, -0.25) is 19.7 Å². The van der Waals surface area contributed by atoms with Gasteiger partial charge >= 0.3 is 12.0 Å². The largest absolute Gasteiger partial charge is 0.454 e. The zero-order chi connectivity index (χ0) is 18.9. The molecule has 140 valence electrons. The van der Waals surface area contributed by atoms with Gasteiger partial charge in [-0.2, -0.15) is 0 Å². The van der Waals surface area contributed by atoms with Gasteiger partial charge in [0.15, 0.2) is 6.61 Å². The molecule has 0 aromatic heterocycles. The maximum absolute atomic E-state index is 11.9. The molecule has 0 aliphatic heterocycles. The number of hydrogen-bond acceptors (Lipinski definition) is 5. The molecule has 8 nitrogen and oxygen atoms in total. The van der Waals surface area contributed by atoms with Gasteiger partial charge in [0.2, 0.25) is 0 Å². The summed E-state index contributed by atoms with van der Waals surface area (Å²) in [6.07, 6.45) is 3.91.